The minimum Gasteiger partial charge on any atom is -0.324 e. The van der Waals surface area contributed by atoms with Gasteiger partial charge in [-0.2, -0.15) is 0 Å². The van der Waals surface area contributed by atoms with E-state index >= 15 is 0 Å². The molecule has 0 aromatic rings. The van der Waals surface area contributed by atoms with Crippen molar-refractivity contribution in [2.75, 3.05) is 0 Å². The van der Waals surface area contributed by atoms with E-state index < -0.39 is 0 Å². The first-order chi connectivity index (χ1) is 3.48. The lowest BCUT2D eigenvalue weighted by Crippen LogP contribution is -2.32. The molecule has 0 saturated heterocycles. The fraction of sp³-hybridized carbons (Fsp3) is 0.714. The standard InChI is InChI=1S/C7H15N/c1-5-6(8)7(2,3)4/h5-6H,1,8H2,2-4H3/t6-/m0/s1. The van der Waals surface area contributed by atoms with E-state index in [1.54, 1.807) is 6.08 Å². The number of hydrogen-bond donors (Lipinski definition) is 1. The highest BCUT2D eigenvalue weighted by atomic mass is 14.6. The van der Waals surface area contributed by atoms with Crippen molar-refractivity contribution in [3.05, 3.63) is 12.7 Å². The summed E-state index contributed by atoms with van der Waals surface area (Å²) < 4.78 is 0. The Bertz CT molecular complexity index is 78.9. The molecule has 0 saturated carbocycles. The van der Waals surface area contributed by atoms with E-state index in [0.717, 1.165) is 0 Å². The van der Waals surface area contributed by atoms with Gasteiger partial charge in [-0.3, -0.25) is 0 Å². The zero-order chi connectivity index (χ0) is 6.78. The molecule has 1 heteroatoms. The predicted molar refractivity (Wildman–Crippen MR) is 37.6 cm³/mol. The molecule has 0 spiro atoms. The lowest BCUT2D eigenvalue weighted by Gasteiger charge is -2.23. The maximum Gasteiger partial charge on any atom is 0.0270 e. The lowest BCUT2D eigenvalue weighted by molar-refractivity contribution is 0.366. The third-order valence-electron chi connectivity index (χ3n) is 1.25. The maximum absolute atomic E-state index is 5.63. The Morgan fingerprint density at radius 3 is 1.88 bits per heavy atom. The summed E-state index contributed by atoms with van der Waals surface area (Å²) >= 11 is 0. The summed E-state index contributed by atoms with van der Waals surface area (Å²) in [5, 5.41) is 0. The molecule has 0 aliphatic carbocycles. The largest absolute Gasteiger partial charge is 0.324 e. The first-order valence-electron chi connectivity index (χ1n) is 2.86. The molecule has 0 bridgehead atoms. The van der Waals surface area contributed by atoms with Crippen LogP contribution in [0.25, 0.3) is 0 Å². The molecular formula is C7H15N. The Morgan fingerprint density at radius 2 is 1.88 bits per heavy atom. The molecular weight excluding hydrogens is 98.1 g/mol. The molecule has 0 aliphatic heterocycles. The third kappa shape index (κ3) is 2.12. The minimum absolute atomic E-state index is 0.113. The van der Waals surface area contributed by atoms with Gasteiger partial charge in [0.15, 0.2) is 0 Å². The summed E-state index contributed by atoms with van der Waals surface area (Å²) in [5.74, 6) is 0. The van der Waals surface area contributed by atoms with Crippen LogP contribution < -0.4 is 5.73 Å². The van der Waals surface area contributed by atoms with Gasteiger partial charge in [-0.05, 0) is 5.41 Å². The van der Waals surface area contributed by atoms with Crippen molar-refractivity contribution in [2.45, 2.75) is 26.8 Å². The van der Waals surface area contributed by atoms with E-state index in [-0.39, 0.29) is 11.5 Å². The predicted octanol–water partition coefficient (Wildman–Crippen LogP) is 1.55. The SMILES string of the molecule is C=C[C@H](N)C(C)(C)C. The van der Waals surface area contributed by atoms with Crippen LogP contribution in [0.15, 0.2) is 12.7 Å². The van der Waals surface area contributed by atoms with Gasteiger partial charge in [-0.15, -0.1) is 6.58 Å². The van der Waals surface area contributed by atoms with Crippen LogP contribution in [0.4, 0.5) is 0 Å². The zero-order valence-electron chi connectivity index (χ0n) is 5.94. The van der Waals surface area contributed by atoms with Gasteiger partial charge in [0.25, 0.3) is 0 Å². The van der Waals surface area contributed by atoms with Gasteiger partial charge in [0, 0.05) is 6.04 Å². The topological polar surface area (TPSA) is 26.0 Å². The zero-order valence-corrected chi connectivity index (χ0v) is 5.94. The normalized spacial score (nSPS) is 15.5. The van der Waals surface area contributed by atoms with Crippen LogP contribution in [0.1, 0.15) is 20.8 Å². The lowest BCUT2D eigenvalue weighted by atomic mass is 9.88. The first-order valence-corrected chi connectivity index (χ1v) is 2.86. The maximum atomic E-state index is 5.63. The highest BCUT2D eigenvalue weighted by molar-refractivity contribution is 4.91. The van der Waals surface area contributed by atoms with Crippen LogP contribution in [0.5, 0.6) is 0 Å². The molecule has 0 aromatic carbocycles. The van der Waals surface area contributed by atoms with Crippen LogP contribution in [0.3, 0.4) is 0 Å². The van der Waals surface area contributed by atoms with Gasteiger partial charge in [-0.25, -0.2) is 0 Å². The molecule has 0 rings (SSSR count). The van der Waals surface area contributed by atoms with Gasteiger partial charge >= 0.3 is 0 Å². The second kappa shape index (κ2) is 2.31. The van der Waals surface area contributed by atoms with E-state index in [4.69, 9.17) is 5.73 Å². The average molecular weight is 113 g/mol. The van der Waals surface area contributed by atoms with E-state index in [0.29, 0.717) is 0 Å². The molecule has 48 valence electrons. The number of nitrogens with two attached hydrogens (primary N) is 1. The Labute approximate surface area is 51.6 Å². The molecule has 0 radical (unpaired) electrons. The van der Waals surface area contributed by atoms with Gasteiger partial charge < -0.3 is 5.73 Å². The summed E-state index contributed by atoms with van der Waals surface area (Å²) in [7, 11) is 0. The van der Waals surface area contributed by atoms with Crippen molar-refractivity contribution in [3.8, 4) is 0 Å². The first kappa shape index (κ1) is 7.70. The minimum atomic E-state index is 0.113. The fourth-order valence-electron chi connectivity index (χ4n) is 0.354. The van der Waals surface area contributed by atoms with Crippen molar-refractivity contribution >= 4 is 0 Å². The van der Waals surface area contributed by atoms with E-state index in [9.17, 15) is 0 Å². The Morgan fingerprint density at radius 1 is 1.50 bits per heavy atom. The smallest absolute Gasteiger partial charge is 0.0270 e. The van der Waals surface area contributed by atoms with Gasteiger partial charge in [0.05, 0.1) is 0 Å². The highest BCUT2D eigenvalue weighted by Gasteiger charge is 2.16. The summed E-state index contributed by atoms with van der Waals surface area (Å²) in [6.45, 7) is 9.89. The number of hydrogen-bond acceptors (Lipinski definition) is 1. The van der Waals surface area contributed by atoms with E-state index in [1.807, 2.05) is 0 Å². The van der Waals surface area contributed by atoms with Gasteiger partial charge in [0.1, 0.15) is 0 Å². The Balaban J connectivity index is 3.80. The molecule has 0 fully saturated rings. The van der Waals surface area contributed by atoms with Crippen LogP contribution in [-0.4, -0.2) is 6.04 Å². The van der Waals surface area contributed by atoms with E-state index in [2.05, 4.69) is 27.4 Å². The van der Waals surface area contributed by atoms with Crippen LogP contribution in [0.2, 0.25) is 0 Å². The Kier molecular flexibility index (Phi) is 2.23. The summed E-state index contributed by atoms with van der Waals surface area (Å²) in [6.07, 6.45) is 1.78. The summed E-state index contributed by atoms with van der Waals surface area (Å²) in [6, 6.07) is 0.113. The third-order valence-corrected chi connectivity index (χ3v) is 1.25. The monoisotopic (exact) mass is 113 g/mol. The number of rotatable bonds is 1. The van der Waals surface area contributed by atoms with Crippen LogP contribution in [-0.2, 0) is 0 Å². The van der Waals surface area contributed by atoms with Crippen molar-refractivity contribution < 1.29 is 0 Å². The summed E-state index contributed by atoms with van der Waals surface area (Å²) in [4.78, 5) is 0. The second-order valence-corrected chi connectivity index (χ2v) is 3.13. The highest BCUT2D eigenvalue weighted by Crippen LogP contribution is 2.16. The Hall–Kier alpha value is -0.300. The fourth-order valence-corrected chi connectivity index (χ4v) is 0.354. The molecule has 1 nitrogen and oxygen atoms in total. The van der Waals surface area contributed by atoms with Crippen molar-refractivity contribution in [1.29, 1.82) is 0 Å². The summed E-state index contributed by atoms with van der Waals surface area (Å²) in [5.41, 5.74) is 5.80. The molecule has 0 heterocycles. The van der Waals surface area contributed by atoms with Gasteiger partial charge in [-0.1, -0.05) is 26.8 Å². The molecule has 0 amide bonds. The van der Waals surface area contributed by atoms with Crippen molar-refractivity contribution in [2.24, 2.45) is 11.1 Å². The molecule has 0 aliphatic rings. The molecule has 0 aromatic heterocycles. The average Bonchev–Trinajstić information content (AvgIpc) is 1.62. The molecule has 8 heavy (non-hydrogen) atoms. The van der Waals surface area contributed by atoms with Crippen molar-refractivity contribution in [1.82, 2.24) is 0 Å². The van der Waals surface area contributed by atoms with Crippen LogP contribution >= 0.6 is 0 Å². The molecule has 0 unspecified atom stereocenters. The molecule has 2 N–H and O–H groups in total. The van der Waals surface area contributed by atoms with Crippen molar-refractivity contribution in [3.63, 3.8) is 0 Å². The van der Waals surface area contributed by atoms with Crippen LogP contribution in [0, 0.1) is 5.41 Å². The second-order valence-electron chi connectivity index (χ2n) is 3.13. The molecule has 1 atom stereocenters. The van der Waals surface area contributed by atoms with E-state index in [1.165, 1.54) is 0 Å². The quantitative estimate of drug-likeness (QED) is 0.513. The van der Waals surface area contributed by atoms with Gasteiger partial charge in [0.2, 0.25) is 0 Å².